The van der Waals surface area contributed by atoms with Gasteiger partial charge < -0.3 is 4.74 Å². The van der Waals surface area contributed by atoms with Gasteiger partial charge in [-0.2, -0.15) is 10.8 Å². The Kier molecular flexibility index (Phi) is 5.12. The van der Waals surface area contributed by atoms with Gasteiger partial charge in [-0.25, -0.2) is 5.43 Å². The van der Waals surface area contributed by atoms with Crippen molar-refractivity contribution in [3.05, 3.63) is 34.9 Å². The van der Waals surface area contributed by atoms with E-state index in [1.54, 1.807) is 12.1 Å². The predicted octanol–water partition coefficient (Wildman–Crippen LogP) is 1.60. The van der Waals surface area contributed by atoms with E-state index in [1.807, 2.05) is 11.5 Å². The van der Waals surface area contributed by atoms with Crippen LogP contribution in [0.5, 0.6) is 5.75 Å². The maximum Gasteiger partial charge on any atom is 0.276 e. The first kappa shape index (κ1) is 15.0. The van der Waals surface area contributed by atoms with Crippen molar-refractivity contribution in [2.45, 2.75) is 6.92 Å². The molecule has 0 spiro atoms. The Hall–Kier alpha value is -3.01. The summed E-state index contributed by atoms with van der Waals surface area (Å²) in [5.74, 6) is -0.894. The fourth-order valence-corrected chi connectivity index (χ4v) is 1.49. The first-order valence-electron chi connectivity index (χ1n) is 5.51. The fraction of sp³-hybridized carbons (Fsp3) is 0.154. The molecule has 0 saturated heterocycles. The summed E-state index contributed by atoms with van der Waals surface area (Å²) in [7, 11) is 1.42. The third-order valence-electron chi connectivity index (χ3n) is 2.44. The van der Waals surface area contributed by atoms with Crippen molar-refractivity contribution in [3.8, 4) is 11.8 Å². The zero-order chi connectivity index (χ0) is 15.1. The first-order chi connectivity index (χ1) is 9.53. The molecule has 20 heavy (non-hydrogen) atoms. The van der Waals surface area contributed by atoms with E-state index in [-0.39, 0.29) is 5.57 Å². The highest BCUT2D eigenvalue weighted by Gasteiger charge is 2.15. The molecule has 0 radical (unpaired) electrons. The summed E-state index contributed by atoms with van der Waals surface area (Å²) in [6.45, 7) is 1.23. The summed E-state index contributed by atoms with van der Waals surface area (Å²) in [5, 5.41) is 11.5. The molecule has 0 aliphatic heterocycles. The molecule has 0 bridgehead atoms. The Bertz CT molecular complexity index is 629. The van der Waals surface area contributed by atoms with E-state index in [0.29, 0.717) is 16.9 Å². The molecular weight excluding hydrogens is 260 g/mol. The monoisotopic (exact) mass is 272 g/mol. The Morgan fingerprint density at radius 1 is 1.50 bits per heavy atom. The lowest BCUT2D eigenvalue weighted by Gasteiger charge is -2.07. The molecule has 0 saturated carbocycles. The van der Waals surface area contributed by atoms with E-state index in [2.05, 4.69) is 5.22 Å². The van der Waals surface area contributed by atoms with Crippen LogP contribution in [-0.4, -0.2) is 18.8 Å². The third kappa shape index (κ3) is 3.49. The number of carbonyl (C=O) groups is 2. The van der Waals surface area contributed by atoms with Crippen LogP contribution in [0.25, 0.3) is 6.08 Å². The zero-order valence-electron chi connectivity index (χ0n) is 10.9. The quantitative estimate of drug-likeness (QED) is 0.278. The highest BCUT2D eigenvalue weighted by Crippen LogP contribution is 2.23. The number of nitriles is 1. The van der Waals surface area contributed by atoms with Crippen molar-refractivity contribution in [2.24, 2.45) is 5.22 Å². The van der Waals surface area contributed by atoms with Crippen molar-refractivity contribution in [2.75, 3.05) is 7.11 Å². The number of benzene rings is 1. The minimum absolute atomic E-state index is 0.163. The average Bonchev–Trinajstić information content (AvgIpc) is 2.44. The molecule has 1 amide bonds. The highest BCUT2D eigenvalue weighted by atomic mass is 16.5. The molecule has 0 unspecified atom stereocenters. The standard InChI is InChI=1S/C13H12N4O3/c1-8(18)11(13(19)16-17-15)6-10-4-3-9(7-14)5-12(10)20-2/h3-6H,1-2H3,(H2,15,16,19)/b11-6-. The molecule has 0 atom stereocenters. The van der Waals surface area contributed by atoms with Gasteiger partial charge in [0.05, 0.1) is 24.3 Å². The van der Waals surface area contributed by atoms with Crippen LogP contribution in [0.4, 0.5) is 0 Å². The number of nitrogens with zero attached hydrogens (tertiary/aromatic N) is 2. The molecule has 2 N–H and O–H groups in total. The van der Waals surface area contributed by atoms with Crippen LogP contribution in [0.3, 0.4) is 0 Å². The van der Waals surface area contributed by atoms with Crippen LogP contribution in [0.15, 0.2) is 29.0 Å². The van der Waals surface area contributed by atoms with E-state index in [1.165, 1.54) is 26.2 Å². The minimum Gasteiger partial charge on any atom is -0.496 e. The third-order valence-corrected chi connectivity index (χ3v) is 2.44. The van der Waals surface area contributed by atoms with Gasteiger partial charge in [0.2, 0.25) is 0 Å². The van der Waals surface area contributed by atoms with Crippen LogP contribution in [0.2, 0.25) is 0 Å². The van der Waals surface area contributed by atoms with Gasteiger partial charge in [-0.1, -0.05) is 5.22 Å². The van der Waals surface area contributed by atoms with Crippen LogP contribution in [-0.2, 0) is 9.59 Å². The topological polar surface area (TPSA) is 115 Å². The second-order valence-corrected chi connectivity index (χ2v) is 3.74. The van der Waals surface area contributed by atoms with Crippen molar-refractivity contribution >= 4 is 17.8 Å². The largest absolute Gasteiger partial charge is 0.496 e. The number of rotatable bonds is 5. The molecule has 7 nitrogen and oxygen atoms in total. The summed E-state index contributed by atoms with van der Waals surface area (Å²) in [6.07, 6.45) is 1.32. The maximum absolute atomic E-state index is 11.6. The SMILES string of the molecule is COc1cc(C#N)ccc1/C=C(/C(C)=O)C(=O)NN=N. The minimum atomic E-state index is -0.779. The van der Waals surface area contributed by atoms with Crippen molar-refractivity contribution in [1.82, 2.24) is 5.43 Å². The van der Waals surface area contributed by atoms with Gasteiger partial charge in [0.15, 0.2) is 5.78 Å². The number of methoxy groups -OCH3 is 1. The lowest BCUT2D eigenvalue weighted by molar-refractivity contribution is -0.121. The van der Waals surface area contributed by atoms with Crippen molar-refractivity contribution < 1.29 is 14.3 Å². The fourth-order valence-electron chi connectivity index (χ4n) is 1.49. The highest BCUT2D eigenvalue weighted by molar-refractivity contribution is 6.21. The number of nitrogens with one attached hydrogen (secondary N) is 2. The second kappa shape index (κ2) is 6.80. The zero-order valence-corrected chi connectivity index (χ0v) is 10.9. The van der Waals surface area contributed by atoms with Crippen LogP contribution >= 0.6 is 0 Å². The van der Waals surface area contributed by atoms with Gasteiger partial charge in [-0.05, 0) is 31.2 Å². The normalized spacial score (nSPS) is 10.3. The number of carbonyl (C=O) groups excluding carboxylic acids is 2. The van der Waals surface area contributed by atoms with Gasteiger partial charge in [-0.15, -0.1) is 0 Å². The average molecular weight is 272 g/mol. The summed E-state index contributed by atoms with van der Waals surface area (Å²) < 4.78 is 5.11. The molecule has 0 fully saturated rings. The summed E-state index contributed by atoms with van der Waals surface area (Å²) in [5.41, 5.74) is 9.15. The predicted molar refractivity (Wildman–Crippen MR) is 69.7 cm³/mol. The smallest absolute Gasteiger partial charge is 0.276 e. The maximum atomic E-state index is 11.6. The number of ketones is 1. The first-order valence-corrected chi connectivity index (χ1v) is 5.51. The Morgan fingerprint density at radius 2 is 2.20 bits per heavy atom. The van der Waals surface area contributed by atoms with Gasteiger partial charge >= 0.3 is 0 Å². The molecule has 1 aromatic rings. The van der Waals surface area contributed by atoms with Crippen LogP contribution in [0, 0.1) is 16.9 Å². The molecule has 7 heteroatoms. The molecule has 102 valence electrons. The second-order valence-electron chi connectivity index (χ2n) is 3.74. The Morgan fingerprint density at radius 3 is 2.70 bits per heavy atom. The van der Waals surface area contributed by atoms with Gasteiger partial charge in [-0.3, -0.25) is 9.59 Å². The lowest BCUT2D eigenvalue weighted by Crippen LogP contribution is -2.22. The van der Waals surface area contributed by atoms with Crippen LogP contribution < -0.4 is 10.2 Å². The van der Waals surface area contributed by atoms with Crippen molar-refractivity contribution in [3.63, 3.8) is 0 Å². The Balaban J connectivity index is 3.31. The van der Waals surface area contributed by atoms with Gasteiger partial charge in [0.25, 0.3) is 5.91 Å². The van der Waals surface area contributed by atoms with Gasteiger partial charge in [0, 0.05) is 5.56 Å². The Labute approximate surface area is 115 Å². The molecular formula is C13H12N4O3. The molecule has 0 heterocycles. The number of hydrogen-bond acceptors (Lipinski definition) is 6. The van der Waals surface area contributed by atoms with Crippen LogP contribution in [0.1, 0.15) is 18.1 Å². The lowest BCUT2D eigenvalue weighted by atomic mass is 10.0. The van der Waals surface area contributed by atoms with Crippen molar-refractivity contribution in [1.29, 1.82) is 10.8 Å². The van der Waals surface area contributed by atoms with E-state index >= 15 is 0 Å². The molecule has 1 rings (SSSR count). The number of ether oxygens (including phenoxy) is 1. The molecule has 0 aromatic heterocycles. The summed E-state index contributed by atoms with van der Waals surface area (Å²) in [4.78, 5) is 23.1. The molecule has 0 aliphatic rings. The van der Waals surface area contributed by atoms with E-state index < -0.39 is 11.7 Å². The van der Waals surface area contributed by atoms with E-state index in [0.717, 1.165) is 0 Å². The molecule has 0 aliphatic carbocycles. The number of amides is 1. The van der Waals surface area contributed by atoms with Gasteiger partial charge in [0.1, 0.15) is 5.75 Å². The number of hydrogen-bond donors (Lipinski definition) is 2. The van der Waals surface area contributed by atoms with E-state index in [9.17, 15) is 9.59 Å². The molecule has 1 aromatic carbocycles. The summed E-state index contributed by atoms with van der Waals surface area (Å²) >= 11 is 0. The summed E-state index contributed by atoms with van der Waals surface area (Å²) in [6, 6.07) is 6.56. The van der Waals surface area contributed by atoms with E-state index in [4.69, 9.17) is 15.5 Å². The number of Topliss-reactive ketones (excluding diaryl/α,β-unsaturated/α-hetero) is 1.